The third-order valence-electron chi connectivity index (χ3n) is 0.771. The molecule has 0 amide bonds. The summed E-state index contributed by atoms with van der Waals surface area (Å²) in [6, 6.07) is 0. The molecular formula is C5H7NO4S. The fraction of sp³-hybridized carbons (Fsp3) is 0.400. The molecule has 11 heavy (non-hydrogen) atoms. The fourth-order valence-corrected chi connectivity index (χ4v) is 0.506. The quantitative estimate of drug-likeness (QED) is 0.157. The number of hydrogen-bond acceptors (Lipinski definition) is 5. The zero-order chi connectivity index (χ0) is 8.85. The summed E-state index contributed by atoms with van der Waals surface area (Å²) in [6.45, 7) is 1.68. The van der Waals surface area contributed by atoms with Gasteiger partial charge in [0.05, 0.1) is 6.61 Å². The van der Waals surface area contributed by atoms with E-state index in [9.17, 15) is 9.59 Å². The lowest BCUT2D eigenvalue weighted by Crippen LogP contribution is -2.23. The van der Waals surface area contributed by atoms with Crippen LogP contribution in [0.5, 0.6) is 0 Å². The van der Waals surface area contributed by atoms with Gasteiger partial charge in [0.1, 0.15) is 0 Å². The Balaban J connectivity index is 4.29. The molecule has 0 heterocycles. The molecule has 0 aliphatic heterocycles. The van der Waals surface area contributed by atoms with E-state index in [1.807, 2.05) is 0 Å². The Bertz CT molecular complexity index is 201. The van der Waals surface area contributed by atoms with Crippen molar-refractivity contribution in [2.75, 3.05) is 6.61 Å². The van der Waals surface area contributed by atoms with Crippen LogP contribution in [0.25, 0.3) is 0 Å². The molecule has 0 unspecified atom stereocenters. The first-order valence-electron chi connectivity index (χ1n) is 2.76. The minimum atomic E-state index is -0.977. The van der Waals surface area contributed by atoms with Gasteiger partial charge in [0, 0.05) is 0 Å². The van der Waals surface area contributed by atoms with Gasteiger partial charge in [0.15, 0.2) is 0 Å². The molecule has 0 radical (unpaired) electrons. The second-order valence-corrected chi connectivity index (χ2v) is 1.88. The van der Waals surface area contributed by atoms with Crippen molar-refractivity contribution in [2.45, 2.75) is 6.92 Å². The predicted molar refractivity (Wildman–Crippen MR) is 39.8 cm³/mol. The van der Waals surface area contributed by atoms with Gasteiger partial charge in [-0.25, -0.2) is 4.79 Å². The molecule has 0 aliphatic carbocycles. The highest BCUT2D eigenvalue weighted by Crippen LogP contribution is 1.89. The van der Waals surface area contributed by atoms with E-state index >= 15 is 0 Å². The predicted octanol–water partition coefficient (Wildman–Crippen LogP) is -0.164. The standard InChI is InChI=1S/C5H7NO4S/c1-2-10-4(7)3(6-9)5(8)11/h9H,2H2,1H3,(H,8,11)/b6-3-. The minimum absolute atomic E-state index is 0.110. The SMILES string of the molecule is CCOC(=O)/C(=N/O)C(=O)S. The molecule has 0 fully saturated rings. The molecule has 0 aromatic carbocycles. The van der Waals surface area contributed by atoms with E-state index < -0.39 is 16.8 Å². The van der Waals surface area contributed by atoms with Crippen LogP contribution >= 0.6 is 12.6 Å². The third-order valence-corrected chi connectivity index (χ3v) is 0.983. The third kappa shape index (κ3) is 3.03. The van der Waals surface area contributed by atoms with E-state index in [1.54, 1.807) is 6.92 Å². The van der Waals surface area contributed by atoms with Gasteiger partial charge in [0.2, 0.25) is 10.8 Å². The highest BCUT2D eigenvalue weighted by Gasteiger charge is 2.18. The minimum Gasteiger partial charge on any atom is -0.461 e. The summed E-state index contributed by atoms with van der Waals surface area (Å²) in [7, 11) is 0. The van der Waals surface area contributed by atoms with Gasteiger partial charge in [-0.2, -0.15) is 0 Å². The number of carbonyl (C=O) groups excluding carboxylic acids is 2. The second-order valence-electron chi connectivity index (χ2n) is 1.47. The lowest BCUT2D eigenvalue weighted by Gasteiger charge is -1.98. The molecule has 1 N–H and O–H groups in total. The van der Waals surface area contributed by atoms with Crippen LogP contribution in [0.1, 0.15) is 6.92 Å². The Morgan fingerprint density at radius 2 is 2.18 bits per heavy atom. The Hall–Kier alpha value is -1.04. The number of hydrogen-bond donors (Lipinski definition) is 2. The smallest absolute Gasteiger partial charge is 0.365 e. The number of thiol groups is 1. The molecule has 6 heteroatoms. The van der Waals surface area contributed by atoms with E-state index in [0.717, 1.165) is 0 Å². The van der Waals surface area contributed by atoms with Gasteiger partial charge < -0.3 is 9.94 Å². The van der Waals surface area contributed by atoms with Crippen molar-refractivity contribution >= 4 is 29.4 Å². The van der Waals surface area contributed by atoms with E-state index in [0.29, 0.717) is 0 Å². The van der Waals surface area contributed by atoms with E-state index in [2.05, 4.69) is 22.5 Å². The van der Waals surface area contributed by atoms with Crippen molar-refractivity contribution < 1.29 is 19.5 Å². The van der Waals surface area contributed by atoms with Crippen LogP contribution in [-0.2, 0) is 14.3 Å². The average molecular weight is 177 g/mol. The van der Waals surface area contributed by atoms with Crippen LogP contribution in [0.15, 0.2) is 5.16 Å². The van der Waals surface area contributed by atoms with E-state index in [4.69, 9.17) is 5.21 Å². The second kappa shape index (κ2) is 4.73. The van der Waals surface area contributed by atoms with Gasteiger partial charge in [-0.15, -0.1) is 0 Å². The first kappa shape index (κ1) is 9.96. The molecule has 0 saturated heterocycles. The van der Waals surface area contributed by atoms with Crippen LogP contribution in [0.3, 0.4) is 0 Å². The van der Waals surface area contributed by atoms with Crippen molar-refractivity contribution in [1.82, 2.24) is 0 Å². The number of carbonyl (C=O) groups is 2. The number of nitrogens with zero attached hydrogens (tertiary/aromatic N) is 1. The van der Waals surface area contributed by atoms with Gasteiger partial charge in [-0.1, -0.05) is 17.8 Å². The Morgan fingerprint density at radius 1 is 1.64 bits per heavy atom. The van der Waals surface area contributed by atoms with Crippen molar-refractivity contribution in [2.24, 2.45) is 5.16 Å². The lowest BCUT2D eigenvalue weighted by atomic mass is 10.4. The highest BCUT2D eigenvalue weighted by atomic mass is 32.1. The van der Waals surface area contributed by atoms with Crippen LogP contribution in [0, 0.1) is 0 Å². The molecule has 0 rings (SSSR count). The van der Waals surface area contributed by atoms with Crippen LogP contribution in [0.4, 0.5) is 0 Å². The molecule has 5 nitrogen and oxygen atoms in total. The summed E-state index contributed by atoms with van der Waals surface area (Å²) >= 11 is 3.27. The largest absolute Gasteiger partial charge is 0.461 e. The van der Waals surface area contributed by atoms with Crippen LogP contribution < -0.4 is 0 Å². The molecule has 0 spiro atoms. The monoisotopic (exact) mass is 177 g/mol. The van der Waals surface area contributed by atoms with Crippen molar-refractivity contribution in [3.63, 3.8) is 0 Å². The first-order valence-corrected chi connectivity index (χ1v) is 3.20. The Kier molecular flexibility index (Phi) is 4.28. The summed E-state index contributed by atoms with van der Waals surface area (Å²) < 4.78 is 4.36. The number of oxime groups is 1. The maximum atomic E-state index is 10.6. The molecule has 0 bridgehead atoms. The van der Waals surface area contributed by atoms with Crippen molar-refractivity contribution in [3.8, 4) is 0 Å². The molecule has 0 aromatic rings. The zero-order valence-electron chi connectivity index (χ0n) is 5.77. The van der Waals surface area contributed by atoms with E-state index in [-0.39, 0.29) is 6.61 Å². The lowest BCUT2D eigenvalue weighted by molar-refractivity contribution is -0.135. The number of esters is 1. The van der Waals surface area contributed by atoms with E-state index in [1.165, 1.54) is 0 Å². The number of rotatable bonds is 3. The Labute approximate surface area is 68.4 Å². The van der Waals surface area contributed by atoms with Gasteiger partial charge in [-0.3, -0.25) is 4.79 Å². The maximum Gasteiger partial charge on any atom is 0.365 e. The molecule has 0 atom stereocenters. The summed E-state index contributed by atoms with van der Waals surface area (Å²) in [5.74, 6) is -0.977. The Morgan fingerprint density at radius 3 is 2.45 bits per heavy atom. The summed E-state index contributed by atoms with van der Waals surface area (Å²) in [5, 5.41) is 9.61. The summed E-state index contributed by atoms with van der Waals surface area (Å²) in [4.78, 5) is 21.0. The maximum absolute atomic E-state index is 10.6. The van der Waals surface area contributed by atoms with Gasteiger partial charge in [0.25, 0.3) is 0 Å². The first-order chi connectivity index (χ1) is 5.13. The van der Waals surface area contributed by atoms with Crippen LogP contribution in [0.2, 0.25) is 0 Å². The normalized spacial score (nSPS) is 10.9. The summed E-state index contributed by atoms with van der Waals surface area (Å²) in [6.07, 6.45) is 0. The van der Waals surface area contributed by atoms with Crippen molar-refractivity contribution in [1.29, 1.82) is 0 Å². The van der Waals surface area contributed by atoms with Gasteiger partial charge in [-0.05, 0) is 6.92 Å². The topological polar surface area (TPSA) is 76.0 Å². The number of ether oxygens (including phenoxy) is 1. The molecule has 0 saturated carbocycles. The molecular weight excluding hydrogens is 170 g/mol. The van der Waals surface area contributed by atoms with Crippen molar-refractivity contribution in [3.05, 3.63) is 0 Å². The summed E-state index contributed by atoms with van der Waals surface area (Å²) in [5.41, 5.74) is -0.713. The highest BCUT2D eigenvalue weighted by molar-refractivity contribution is 7.99. The molecule has 0 aliphatic rings. The fourth-order valence-electron chi connectivity index (χ4n) is 0.370. The molecule has 62 valence electrons. The zero-order valence-corrected chi connectivity index (χ0v) is 6.67. The van der Waals surface area contributed by atoms with Crippen LogP contribution in [-0.4, -0.2) is 28.6 Å². The molecule has 0 aromatic heterocycles. The van der Waals surface area contributed by atoms with Gasteiger partial charge >= 0.3 is 5.97 Å². The average Bonchev–Trinajstić information content (AvgIpc) is 1.88.